The number of aryl methyl sites for hydroxylation is 1. The molecular formula is C17H26O3. The monoisotopic (exact) mass is 278 g/mol. The van der Waals surface area contributed by atoms with Crippen molar-refractivity contribution in [3.05, 3.63) is 24.2 Å². The van der Waals surface area contributed by atoms with E-state index in [1.165, 1.54) is 32.1 Å². The normalized spacial score (nSPS) is 27.6. The third kappa shape index (κ3) is 3.26. The summed E-state index contributed by atoms with van der Waals surface area (Å²) in [5, 5.41) is 10.5. The van der Waals surface area contributed by atoms with E-state index in [1.807, 2.05) is 12.1 Å². The van der Waals surface area contributed by atoms with Gasteiger partial charge in [-0.05, 0) is 50.2 Å². The second-order valence-electron chi connectivity index (χ2n) is 6.53. The molecule has 0 radical (unpaired) electrons. The van der Waals surface area contributed by atoms with Crippen LogP contribution < -0.4 is 0 Å². The van der Waals surface area contributed by atoms with Crippen molar-refractivity contribution >= 4 is 0 Å². The molecule has 3 heteroatoms. The Morgan fingerprint density at radius 3 is 2.90 bits per heavy atom. The van der Waals surface area contributed by atoms with Gasteiger partial charge in [0.15, 0.2) is 0 Å². The van der Waals surface area contributed by atoms with Gasteiger partial charge in [0.05, 0.1) is 18.0 Å². The summed E-state index contributed by atoms with van der Waals surface area (Å²) in [6, 6.07) is 3.90. The molecule has 1 spiro atoms. The van der Waals surface area contributed by atoms with Crippen LogP contribution in [0.1, 0.15) is 57.1 Å². The van der Waals surface area contributed by atoms with E-state index in [4.69, 9.17) is 9.15 Å². The van der Waals surface area contributed by atoms with Crippen LogP contribution >= 0.6 is 0 Å². The summed E-state index contributed by atoms with van der Waals surface area (Å²) >= 11 is 0. The number of hydrogen-bond donors (Lipinski definition) is 1. The van der Waals surface area contributed by atoms with Crippen molar-refractivity contribution in [1.82, 2.24) is 0 Å². The summed E-state index contributed by atoms with van der Waals surface area (Å²) in [5.41, 5.74) is 0.0901. The van der Waals surface area contributed by atoms with Crippen LogP contribution in [0.15, 0.2) is 22.8 Å². The van der Waals surface area contributed by atoms with Gasteiger partial charge in [0.1, 0.15) is 5.76 Å². The van der Waals surface area contributed by atoms with E-state index in [2.05, 4.69) is 0 Å². The fraction of sp³-hybridized carbons (Fsp3) is 0.765. The van der Waals surface area contributed by atoms with E-state index in [1.54, 1.807) is 6.26 Å². The van der Waals surface area contributed by atoms with E-state index in [9.17, 15) is 5.11 Å². The van der Waals surface area contributed by atoms with Gasteiger partial charge in [-0.2, -0.15) is 0 Å². The molecule has 1 aliphatic heterocycles. The first-order valence-corrected chi connectivity index (χ1v) is 8.12. The third-order valence-corrected chi connectivity index (χ3v) is 5.11. The number of hydrogen-bond acceptors (Lipinski definition) is 3. The Labute approximate surface area is 121 Å². The molecule has 20 heavy (non-hydrogen) atoms. The van der Waals surface area contributed by atoms with Gasteiger partial charge in [0, 0.05) is 13.0 Å². The lowest BCUT2D eigenvalue weighted by atomic mass is 9.74. The second-order valence-corrected chi connectivity index (χ2v) is 6.53. The van der Waals surface area contributed by atoms with Crippen LogP contribution in [0.5, 0.6) is 0 Å². The van der Waals surface area contributed by atoms with Crippen LogP contribution in [-0.4, -0.2) is 23.4 Å². The van der Waals surface area contributed by atoms with Gasteiger partial charge in [0.2, 0.25) is 0 Å². The van der Waals surface area contributed by atoms with E-state index < -0.39 is 0 Å². The molecule has 1 N–H and O–H groups in total. The fourth-order valence-corrected chi connectivity index (χ4v) is 3.92. The number of aliphatic hydroxyl groups is 1. The second kappa shape index (κ2) is 6.31. The standard InChI is InChI=1S/C17H26O3/c18-16(7-6-15-5-4-11-19-15)14-8-12-20-17(13-14)9-2-1-3-10-17/h4-5,11,14,16,18H,1-3,6-10,12-13H2. The number of ether oxygens (including phenoxy) is 1. The van der Waals surface area contributed by atoms with Crippen molar-refractivity contribution in [1.29, 1.82) is 0 Å². The Morgan fingerprint density at radius 2 is 2.15 bits per heavy atom. The van der Waals surface area contributed by atoms with Crippen LogP contribution in [0.2, 0.25) is 0 Å². The van der Waals surface area contributed by atoms with Gasteiger partial charge in [-0.3, -0.25) is 0 Å². The largest absolute Gasteiger partial charge is 0.469 e. The van der Waals surface area contributed by atoms with E-state index in [0.29, 0.717) is 5.92 Å². The molecule has 2 fully saturated rings. The molecular weight excluding hydrogens is 252 g/mol. The summed E-state index contributed by atoms with van der Waals surface area (Å²) in [6.07, 6.45) is 11.5. The summed E-state index contributed by atoms with van der Waals surface area (Å²) in [6.45, 7) is 0.822. The molecule has 1 aliphatic carbocycles. The van der Waals surface area contributed by atoms with E-state index in [0.717, 1.165) is 38.1 Å². The minimum Gasteiger partial charge on any atom is -0.469 e. The molecule has 0 bridgehead atoms. The first-order chi connectivity index (χ1) is 9.77. The lowest BCUT2D eigenvalue weighted by Gasteiger charge is -2.44. The lowest BCUT2D eigenvalue weighted by Crippen LogP contribution is -2.44. The molecule has 0 amide bonds. The van der Waals surface area contributed by atoms with Gasteiger partial charge in [-0.25, -0.2) is 0 Å². The van der Waals surface area contributed by atoms with Crippen molar-refractivity contribution in [2.45, 2.75) is 69.5 Å². The molecule has 1 saturated carbocycles. The highest BCUT2D eigenvalue weighted by molar-refractivity contribution is 4.99. The van der Waals surface area contributed by atoms with E-state index in [-0.39, 0.29) is 11.7 Å². The van der Waals surface area contributed by atoms with Gasteiger partial charge in [-0.1, -0.05) is 19.3 Å². The van der Waals surface area contributed by atoms with Crippen molar-refractivity contribution in [2.75, 3.05) is 6.61 Å². The third-order valence-electron chi connectivity index (χ3n) is 5.11. The minimum atomic E-state index is -0.220. The van der Waals surface area contributed by atoms with Crippen molar-refractivity contribution < 1.29 is 14.3 Å². The lowest BCUT2D eigenvalue weighted by molar-refractivity contribution is -0.134. The maximum atomic E-state index is 10.5. The zero-order chi connectivity index (χ0) is 13.8. The smallest absolute Gasteiger partial charge is 0.103 e. The van der Waals surface area contributed by atoms with Crippen LogP contribution in [0.25, 0.3) is 0 Å². The highest BCUT2D eigenvalue weighted by Crippen LogP contribution is 2.42. The number of aliphatic hydroxyl groups excluding tert-OH is 1. The molecule has 2 atom stereocenters. The van der Waals surface area contributed by atoms with E-state index >= 15 is 0 Å². The maximum Gasteiger partial charge on any atom is 0.103 e. The first kappa shape index (κ1) is 14.2. The molecule has 1 aromatic heterocycles. The van der Waals surface area contributed by atoms with Crippen LogP contribution in [0, 0.1) is 5.92 Å². The SMILES string of the molecule is OC(CCc1ccco1)C1CCOC2(CCCCC2)C1. The Hall–Kier alpha value is -0.800. The zero-order valence-corrected chi connectivity index (χ0v) is 12.2. The average Bonchev–Trinajstić information content (AvgIpc) is 2.99. The van der Waals surface area contributed by atoms with Gasteiger partial charge in [-0.15, -0.1) is 0 Å². The number of rotatable bonds is 4. The highest BCUT2D eigenvalue weighted by atomic mass is 16.5. The van der Waals surface area contributed by atoms with Crippen LogP contribution in [0.3, 0.4) is 0 Å². The molecule has 2 aliphatic rings. The van der Waals surface area contributed by atoms with Gasteiger partial charge < -0.3 is 14.3 Å². The molecule has 1 aromatic rings. The molecule has 2 heterocycles. The highest BCUT2D eigenvalue weighted by Gasteiger charge is 2.40. The molecule has 1 saturated heterocycles. The minimum absolute atomic E-state index is 0.0901. The number of furan rings is 1. The molecule has 112 valence electrons. The summed E-state index contributed by atoms with van der Waals surface area (Å²) in [4.78, 5) is 0. The Bertz CT molecular complexity index is 387. The summed E-state index contributed by atoms with van der Waals surface area (Å²) < 4.78 is 11.5. The predicted octanol–water partition coefficient (Wildman–Crippen LogP) is 3.70. The average molecular weight is 278 g/mol. The topological polar surface area (TPSA) is 42.6 Å². The van der Waals surface area contributed by atoms with Crippen LogP contribution in [0.4, 0.5) is 0 Å². The van der Waals surface area contributed by atoms with Crippen molar-refractivity contribution in [3.63, 3.8) is 0 Å². The first-order valence-electron chi connectivity index (χ1n) is 8.12. The molecule has 3 nitrogen and oxygen atoms in total. The van der Waals surface area contributed by atoms with Gasteiger partial charge in [0.25, 0.3) is 0 Å². The Balaban J connectivity index is 1.53. The Kier molecular flexibility index (Phi) is 4.47. The Morgan fingerprint density at radius 1 is 1.30 bits per heavy atom. The van der Waals surface area contributed by atoms with Crippen LogP contribution in [-0.2, 0) is 11.2 Å². The maximum absolute atomic E-state index is 10.5. The van der Waals surface area contributed by atoms with Crippen molar-refractivity contribution in [3.8, 4) is 0 Å². The van der Waals surface area contributed by atoms with Gasteiger partial charge >= 0.3 is 0 Å². The quantitative estimate of drug-likeness (QED) is 0.913. The summed E-state index contributed by atoms with van der Waals surface area (Å²) in [5.74, 6) is 1.38. The summed E-state index contributed by atoms with van der Waals surface area (Å²) in [7, 11) is 0. The van der Waals surface area contributed by atoms with Crippen molar-refractivity contribution in [2.24, 2.45) is 5.92 Å². The predicted molar refractivity (Wildman–Crippen MR) is 77.5 cm³/mol. The molecule has 0 aromatic carbocycles. The zero-order valence-electron chi connectivity index (χ0n) is 12.2. The fourth-order valence-electron chi connectivity index (χ4n) is 3.92. The molecule has 2 unspecified atom stereocenters. The molecule has 3 rings (SSSR count).